The summed E-state index contributed by atoms with van der Waals surface area (Å²) in [5.41, 5.74) is 1.93. The minimum Gasteiger partial charge on any atom is -0.508 e. The lowest BCUT2D eigenvalue weighted by molar-refractivity contribution is -0.130. The number of phenols is 1. The first kappa shape index (κ1) is 16.4. The SMILES string of the molecule is CSc1ccc(CN(C)C(=O)CCc2ccccc2O)cc1. The van der Waals surface area contributed by atoms with Crippen LogP contribution >= 0.6 is 11.8 Å². The van der Waals surface area contributed by atoms with Crippen molar-refractivity contribution in [1.29, 1.82) is 0 Å². The monoisotopic (exact) mass is 315 g/mol. The van der Waals surface area contributed by atoms with Crippen LogP contribution in [-0.2, 0) is 17.8 Å². The number of hydrogen-bond acceptors (Lipinski definition) is 3. The molecule has 0 bridgehead atoms. The van der Waals surface area contributed by atoms with Crippen molar-refractivity contribution in [2.45, 2.75) is 24.3 Å². The average Bonchev–Trinajstić information content (AvgIpc) is 2.54. The second-order valence-electron chi connectivity index (χ2n) is 5.23. The van der Waals surface area contributed by atoms with Crippen LogP contribution in [0.3, 0.4) is 0 Å². The highest BCUT2D eigenvalue weighted by molar-refractivity contribution is 7.98. The van der Waals surface area contributed by atoms with Gasteiger partial charge in [-0.05, 0) is 42.0 Å². The third kappa shape index (κ3) is 4.53. The standard InChI is InChI=1S/C18H21NO2S/c1-19(13-14-7-10-16(22-2)11-8-14)18(21)12-9-15-5-3-4-6-17(15)20/h3-8,10-11,20H,9,12-13H2,1-2H3. The normalized spacial score (nSPS) is 10.5. The number of para-hydroxylation sites is 1. The average molecular weight is 315 g/mol. The van der Waals surface area contributed by atoms with Crippen LogP contribution in [0.5, 0.6) is 5.75 Å². The fourth-order valence-corrected chi connectivity index (χ4v) is 2.66. The summed E-state index contributed by atoms with van der Waals surface area (Å²) >= 11 is 1.71. The van der Waals surface area contributed by atoms with Gasteiger partial charge in [-0.3, -0.25) is 4.79 Å². The first-order chi connectivity index (χ1) is 10.6. The van der Waals surface area contributed by atoms with Gasteiger partial charge in [0, 0.05) is 24.9 Å². The van der Waals surface area contributed by atoms with E-state index in [0.29, 0.717) is 19.4 Å². The van der Waals surface area contributed by atoms with E-state index < -0.39 is 0 Å². The summed E-state index contributed by atoms with van der Waals surface area (Å²) in [7, 11) is 1.82. The van der Waals surface area contributed by atoms with Crippen molar-refractivity contribution >= 4 is 17.7 Å². The lowest BCUT2D eigenvalue weighted by Gasteiger charge is -2.17. The molecular formula is C18H21NO2S. The van der Waals surface area contributed by atoms with Crippen LogP contribution in [-0.4, -0.2) is 29.2 Å². The number of nitrogens with zero attached hydrogens (tertiary/aromatic N) is 1. The third-order valence-electron chi connectivity index (χ3n) is 3.60. The molecular weight excluding hydrogens is 294 g/mol. The zero-order valence-electron chi connectivity index (χ0n) is 13.0. The van der Waals surface area contributed by atoms with Crippen molar-refractivity contribution in [3.05, 3.63) is 59.7 Å². The largest absolute Gasteiger partial charge is 0.508 e. The van der Waals surface area contributed by atoms with E-state index in [0.717, 1.165) is 11.1 Å². The van der Waals surface area contributed by atoms with E-state index in [1.165, 1.54) is 4.90 Å². The number of rotatable bonds is 6. The first-order valence-corrected chi connectivity index (χ1v) is 8.46. The molecule has 4 heteroatoms. The molecule has 0 radical (unpaired) electrons. The van der Waals surface area contributed by atoms with Gasteiger partial charge in [-0.1, -0.05) is 30.3 Å². The van der Waals surface area contributed by atoms with E-state index in [1.54, 1.807) is 28.8 Å². The number of phenolic OH excluding ortho intramolecular Hbond substituents is 1. The summed E-state index contributed by atoms with van der Waals surface area (Å²) in [5.74, 6) is 0.336. The Hall–Kier alpha value is -1.94. The molecule has 2 aromatic rings. The lowest BCUT2D eigenvalue weighted by atomic mass is 10.1. The maximum atomic E-state index is 12.2. The number of aromatic hydroxyl groups is 1. The smallest absolute Gasteiger partial charge is 0.222 e. The number of amides is 1. The number of thioether (sulfide) groups is 1. The predicted molar refractivity (Wildman–Crippen MR) is 91.1 cm³/mol. The number of hydrogen-bond donors (Lipinski definition) is 1. The van der Waals surface area contributed by atoms with Gasteiger partial charge in [0.25, 0.3) is 0 Å². The molecule has 0 heterocycles. The van der Waals surface area contributed by atoms with Gasteiger partial charge in [0.05, 0.1) is 0 Å². The fourth-order valence-electron chi connectivity index (χ4n) is 2.25. The zero-order valence-corrected chi connectivity index (χ0v) is 13.8. The first-order valence-electron chi connectivity index (χ1n) is 7.24. The Balaban J connectivity index is 1.87. The summed E-state index contributed by atoms with van der Waals surface area (Å²) in [6, 6.07) is 15.4. The Morgan fingerprint density at radius 2 is 1.82 bits per heavy atom. The Morgan fingerprint density at radius 1 is 1.14 bits per heavy atom. The minimum atomic E-state index is 0.0807. The number of carbonyl (C=O) groups is 1. The maximum Gasteiger partial charge on any atom is 0.222 e. The Kier molecular flexibility index (Phi) is 5.90. The predicted octanol–water partition coefficient (Wildman–Crippen LogP) is 3.71. The highest BCUT2D eigenvalue weighted by Crippen LogP contribution is 2.18. The highest BCUT2D eigenvalue weighted by Gasteiger charge is 2.10. The number of carbonyl (C=O) groups excluding carboxylic acids is 1. The van der Waals surface area contributed by atoms with Crippen LogP contribution in [0, 0.1) is 0 Å². The molecule has 0 aliphatic rings. The molecule has 0 unspecified atom stereocenters. The van der Waals surface area contributed by atoms with Gasteiger partial charge in [-0.15, -0.1) is 11.8 Å². The molecule has 22 heavy (non-hydrogen) atoms. The van der Waals surface area contributed by atoms with Crippen molar-refractivity contribution in [2.75, 3.05) is 13.3 Å². The maximum absolute atomic E-state index is 12.2. The fraction of sp³-hybridized carbons (Fsp3) is 0.278. The van der Waals surface area contributed by atoms with Gasteiger partial charge in [0.1, 0.15) is 5.75 Å². The van der Waals surface area contributed by atoms with E-state index in [9.17, 15) is 9.90 Å². The molecule has 0 saturated carbocycles. The summed E-state index contributed by atoms with van der Waals surface area (Å²) in [4.78, 5) is 15.1. The van der Waals surface area contributed by atoms with Gasteiger partial charge in [-0.25, -0.2) is 0 Å². The van der Waals surface area contributed by atoms with Gasteiger partial charge in [0.2, 0.25) is 5.91 Å². The van der Waals surface area contributed by atoms with Gasteiger partial charge in [0.15, 0.2) is 0 Å². The van der Waals surface area contributed by atoms with Gasteiger partial charge < -0.3 is 10.0 Å². The van der Waals surface area contributed by atoms with Crippen LogP contribution < -0.4 is 0 Å². The Labute approximate surface area is 136 Å². The van der Waals surface area contributed by atoms with Crippen molar-refractivity contribution < 1.29 is 9.90 Å². The van der Waals surface area contributed by atoms with Crippen LogP contribution in [0.1, 0.15) is 17.5 Å². The second-order valence-corrected chi connectivity index (χ2v) is 6.11. The molecule has 0 fully saturated rings. The summed E-state index contributed by atoms with van der Waals surface area (Å²) in [5, 5.41) is 9.72. The molecule has 0 aromatic heterocycles. The quantitative estimate of drug-likeness (QED) is 0.826. The van der Waals surface area contributed by atoms with Crippen LogP contribution in [0.4, 0.5) is 0 Å². The molecule has 2 aromatic carbocycles. The third-order valence-corrected chi connectivity index (χ3v) is 4.35. The topological polar surface area (TPSA) is 40.5 Å². The molecule has 0 spiro atoms. The summed E-state index contributed by atoms with van der Waals surface area (Å²) < 4.78 is 0. The number of aryl methyl sites for hydroxylation is 1. The molecule has 116 valence electrons. The molecule has 0 aliphatic carbocycles. The number of benzene rings is 2. The molecule has 1 N–H and O–H groups in total. The van der Waals surface area contributed by atoms with Crippen molar-refractivity contribution in [2.24, 2.45) is 0 Å². The van der Waals surface area contributed by atoms with E-state index in [4.69, 9.17) is 0 Å². The van der Waals surface area contributed by atoms with Crippen molar-refractivity contribution in [3.63, 3.8) is 0 Å². The van der Waals surface area contributed by atoms with Crippen LogP contribution in [0.15, 0.2) is 53.4 Å². The summed E-state index contributed by atoms with van der Waals surface area (Å²) in [6.07, 6.45) is 3.00. The van der Waals surface area contributed by atoms with E-state index in [-0.39, 0.29) is 11.7 Å². The van der Waals surface area contributed by atoms with Crippen LogP contribution in [0.25, 0.3) is 0 Å². The molecule has 1 amide bonds. The summed E-state index contributed by atoms with van der Waals surface area (Å²) in [6.45, 7) is 0.605. The molecule has 0 saturated heterocycles. The van der Waals surface area contributed by atoms with E-state index in [1.807, 2.05) is 25.4 Å². The van der Waals surface area contributed by atoms with Crippen molar-refractivity contribution in [3.8, 4) is 5.75 Å². The molecule has 3 nitrogen and oxygen atoms in total. The second kappa shape index (κ2) is 7.90. The highest BCUT2D eigenvalue weighted by atomic mass is 32.2. The molecule has 2 rings (SSSR count). The Morgan fingerprint density at radius 3 is 2.45 bits per heavy atom. The minimum absolute atomic E-state index is 0.0807. The van der Waals surface area contributed by atoms with Crippen LogP contribution in [0.2, 0.25) is 0 Å². The molecule has 0 atom stereocenters. The van der Waals surface area contributed by atoms with Gasteiger partial charge >= 0.3 is 0 Å². The molecule has 0 aliphatic heterocycles. The van der Waals surface area contributed by atoms with Crippen molar-refractivity contribution in [1.82, 2.24) is 4.90 Å². The zero-order chi connectivity index (χ0) is 15.9. The van der Waals surface area contributed by atoms with E-state index in [2.05, 4.69) is 24.3 Å². The van der Waals surface area contributed by atoms with Gasteiger partial charge in [-0.2, -0.15) is 0 Å². The van der Waals surface area contributed by atoms with E-state index >= 15 is 0 Å². The lowest BCUT2D eigenvalue weighted by Crippen LogP contribution is -2.26. The Bertz CT molecular complexity index is 625.